The van der Waals surface area contributed by atoms with Gasteiger partial charge in [0.1, 0.15) is 5.75 Å². The molecule has 0 bridgehead atoms. The number of pyridine rings is 1. The average molecular weight is 274 g/mol. The molecule has 2 heterocycles. The van der Waals surface area contributed by atoms with Crippen LogP contribution in [0.4, 0.5) is 0 Å². The number of nitrogens with one attached hydrogen (secondary N) is 1. The predicted octanol–water partition coefficient (Wildman–Crippen LogP) is 2.98. The summed E-state index contributed by atoms with van der Waals surface area (Å²) in [5, 5.41) is 7.65. The van der Waals surface area contributed by atoms with Crippen LogP contribution in [0.2, 0.25) is 0 Å². The van der Waals surface area contributed by atoms with Gasteiger partial charge in [-0.1, -0.05) is 0 Å². The van der Waals surface area contributed by atoms with Crippen molar-refractivity contribution in [2.45, 2.75) is 46.3 Å². The van der Waals surface area contributed by atoms with Crippen LogP contribution in [0.3, 0.4) is 0 Å². The van der Waals surface area contributed by atoms with E-state index in [2.05, 4.69) is 36.2 Å². The number of hydrogen-bond donors (Lipinski definition) is 1. The summed E-state index contributed by atoms with van der Waals surface area (Å²) in [5.41, 5.74) is 1.15. The van der Waals surface area contributed by atoms with E-state index in [4.69, 9.17) is 4.74 Å². The minimum atomic E-state index is 0.0631. The Labute approximate surface area is 120 Å². The summed E-state index contributed by atoms with van der Waals surface area (Å²) < 4.78 is 7.70. The quantitative estimate of drug-likeness (QED) is 0.910. The van der Waals surface area contributed by atoms with Gasteiger partial charge in [0.15, 0.2) is 5.75 Å². The first-order chi connectivity index (χ1) is 9.48. The van der Waals surface area contributed by atoms with Crippen LogP contribution in [0.25, 0.3) is 0 Å². The van der Waals surface area contributed by atoms with Crippen molar-refractivity contribution in [1.82, 2.24) is 20.1 Å². The number of aryl methyl sites for hydroxylation is 1. The zero-order chi connectivity index (χ0) is 14.6. The fourth-order valence-electron chi connectivity index (χ4n) is 1.70. The molecule has 0 radical (unpaired) electrons. The third-order valence-electron chi connectivity index (χ3n) is 2.84. The molecule has 0 aliphatic heterocycles. The molecule has 2 aromatic rings. The molecular formula is C15H22N4O. The van der Waals surface area contributed by atoms with Gasteiger partial charge in [0.25, 0.3) is 0 Å². The van der Waals surface area contributed by atoms with Crippen LogP contribution in [0.15, 0.2) is 30.9 Å². The van der Waals surface area contributed by atoms with E-state index in [1.807, 2.05) is 23.9 Å². The topological polar surface area (TPSA) is 52.0 Å². The van der Waals surface area contributed by atoms with Gasteiger partial charge in [-0.2, -0.15) is 5.10 Å². The van der Waals surface area contributed by atoms with Gasteiger partial charge in [0.2, 0.25) is 0 Å². The van der Waals surface area contributed by atoms with Crippen molar-refractivity contribution in [3.8, 4) is 11.5 Å². The minimum Gasteiger partial charge on any atom is -0.452 e. The van der Waals surface area contributed by atoms with Gasteiger partial charge in [0.05, 0.1) is 18.6 Å². The first kappa shape index (κ1) is 14.5. The van der Waals surface area contributed by atoms with Gasteiger partial charge in [-0.15, -0.1) is 0 Å². The summed E-state index contributed by atoms with van der Waals surface area (Å²) in [6.45, 7) is 10.0. The number of rotatable bonds is 5. The van der Waals surface area contributed by atoms with Crippen molar-refractivity contribution in [2.24, 2.45) is 0 Å². The Hall–Kier alpha value is -1.88. The van der Waals surface area contributed by atoms with Gasteiger partial charge in [-0.3, -0.25) is 9.67 Å². The van der Waals surface area contributed by atoms with E-state index < -0.39 is 0 Å². The van der Waals surface area contributed by atoms with Crippen molar-refractivity contribution in [3.63, 3.8) is 0 Å². The zero-order valence-electron chi connectivity index (χ0n) is 12.6. The molecule has 0 saturated carbocycles. The van der Waals surface area contributed by atoms with Gasteiger partial charge in [0, 0.05) is 30.4 Å². The molecule has 0 aromatic carbocycles. The van der Waals surface area contributed by atoms with E-state index in [0.717, 1.165) is 30.2 Å². The maximum Gasteiger partial charge on any atom is 0.165 e. The Morgan fingerprint density at radius 1 is 1.30 bits per heavy atom. The van der Waals surface area contributed by atoms with Crippen molar-refractivity contribution in [1.29, 1.82) is 0 Å². The van der Waals surface area contributed by atoms with Gasteiger partial charge in [-0.25, -0.2) is 0 Å². The lowest BCUT2D eigenvalue weighted by molar-refractivity contribution is 0.413. The third kappa shape index (κ3) is 4.06. The Morgan fingerprint density at radius 3 is 2.75 bits per heavy atom. The normalized spacial score (nSPS) is 11.6. The summed E-state index contributed by atoms with van der Waals surface area (Å²) in [6, 6.07) is 1.97. The van der Waals surface area contributed by atoms with Crippen molar-refractivity contribution >= 4 is 0 Å². The van der Waals surface area contributed by atoms with Crippen molar-refractivity contribution in [2.75, 3.05) is 0 Å². The van der Waals surface area contributed by atoms with E-state index in [1.54, 1.807) is 18.6 Å². The fourth-order valence-corrected chi connectivity index (χ4v) is 1.70. The SMILES string of the molecule is CCn1cc(Oc2cnccc2CNC(C)(C)C)cn1. The van der Waals surface area contributed by atoms with Gasteiger partial charge >= 0.3 is 0 Å². The summed E-state index contributed by atoms with van der Waals surface area (Å²) in [5.74, 6) is 1.50. The molecule has 0 saturated heterocycles. The Bertz CT molecular complexity index is 557. The fraction of sp³-hybridized carbons (Fsp3) is 0.467. The molecule has 20 heavy (non-hydrogen) atoms. The van der Waals surface area contributed by atoms with Crippen LogP contribution in [0.5, 0.6) is 11.5 Å². The molecule has 0 aliphatic rings. The van der Waals surface area contributed by atoms with Crippen LogP contribution < -0.4 is 10.1 Å². The monoisotopic (exact) mass is 274 g/mol. The molecule has 1 N–H and O–H groups in total. The van der Waals surface area contributed by atoms with E-state index >= 15 is 0 Å². The maximum atomic E-state index is 5.87. The molecule has 0 spiro atoms. The smallest absolute Gasteiger partial charge is 0.165 e. The Morgan fingerprint density at radius 2 is 2.10 bits per heavy atom. The highest BCUT2D eigenvalue weighted by Crippen LogP contribution is 2.24. The predicted molar refractivity (Wildman–Crippen MR) is 78.8 cm³/mol. The van der Waals surface area contributed by atoms with Crippen LogP contribution in [-0.2, 0) is 13.1 Å². The lowest BCUT2D eigenvalue weighted by atomic mass is 10.1. The molecule has 2 aromatic heterocycles. The van der Waals surface area contributed by atoms with Crippen LogP contribution >= 0.6 is 0 Å². The third-order valence-corrected chi connectivity index (χ3v) is 2.84. The molecular weight excluding hydrogens is 252 g/mol. The van der Waals surface area contributed by atoms with Crippen LogP contribution in [-0.4, -0.2) is 20.3 Å². The maximum absolute atomic E-state index is 5.87. The standard InChI is InChI=1S/C15H22N4O/c1-5-19-11-13(9-18-19)20-14-10-16-7-6-12(14)8-17-15(2,3)4/h6-7,9-11,17H,5,8H2,1-4H3. The second-order valence-corrected chi connectivity index (χ2v) is 5.72. The van der Waals surface area contributed by atoms with E-state index in [0.29, 0.717) is 0 Å². The Kier molecular flexibility index (Phi) is 4.39. The highest BCUT2D eigenvalue weighted by molar-refractivity contribution is 5.33. The molecule has 0 atom stereocenters. The highest BCUT2D eigenvalue weighted by atomic mass is 16.5. The summed E-state index contributed by atoms with van der Waals surface area (Å²) in [7, 11) is 0. The molecule has 108 valence electrons. The van der Waals surface area contributed by atoms with Crippen LogP contribution in [0, 0.1) is 0 Å². The van der Waals surface area contributed by atoms with Crippen molar-refractivity contribution in [3.05, 3.63) is 36.4 Å². The van der Waals surface area contributed by atoms with E-state index in [-0.39, 0.29) is 5.54 Å². The molecule has 2 rings (SSSR count). The minimum absolute atomic E-state index is 0.0631. The molecule has 5 heteroatoms. The van der Waals surface area contributed by atoms with Gasteiger partial charge < -0.3 is 10.1 Å². The summed E-state index contributed by atoms with van der Waals surface area (Å²) >= 11 is 0. The number of hydrogen-bond acceptors (Lipinski definition) is 4. The molecule has 0 aliphatic carbocycles. The molecule has 0 amide bonds. The summed E-state index contributed by atoms with van der Waals surface area (Å²) in [6.07, 6.45) is 7.12. The lowest BCUT2D eigenvalue weighted by Crippen LogP contribution is -2.35. The molecule has 0 unspecified atom stereocenters. The van der Waals surface area contributed by atoms with Gasteiger partial charge in [-0.05, 0) is 33.8 Å². The van der Waals surface area contributed by atoms with Crippen molar-refractivity contribution < 1.29 is 4.74 Å². The Balaban J connectivity index is 2.11. The first-order valence-corrected chi connectivity index (χ1v) is 6.86. The lowest BCUT2D eigenvalue weighted by Gasteiger charge is -2.21. The highest BCUT2D eigenvalue weighted by Gasteiger charge is 2.12. The molecule has 0 fully saturated rings. The first-order valence-electron chi connectivity index (χ1n) is 6.86. The largest absolute Gasteiger partial charge is 0.452 e. The van der Waals surface area contributed by atoms with Crippen LogP contribution in [0.1, 0.15) is 33.3 Å². The molecule has 5 nitrogen and oxygen atoms in total. The summed E-state index contributed by atoms with van der Waals surface area (Å²) in [4.78, 5) is 4.13. The number of aromatic nitrogens is 3. The second-order valence-electron chi connectivity index (χ2n) is 5.72. The van der Waals surface area contributed by atoms with E-state index in [9.17, 15) is 0 Å². The second kappa shape index (κ2) is 6.05. The zero-order valence-corrected chi connectivity index (χ0v) is 12.6. The number of ether oxygens (including phenoxy) is 1. The van der Waals surface area contributed by atoms with E-state index in [1.165, 1.54) is 0 Å². The number of nitrogens with zero attached hydrogens (tertiary/aromatic N) is 3. The average Bonchev–Trinajstić information content (AvgIpc) is 2.84.